The number of amides is 3. The second-order valence-electron chi connectivity index (χ2n) is 3.81. The molecule has 0 aliphatic rings. The van der Waals surface area contributed by atoms with Crippen molar-refractivity contribution in [1.82, 2.24) is 25.1 Å². The van der Waals surface area contributed by atoms with Crippen LogP contribution in [0.25, 0.3) is 11.4 Å². The van der Waals surface area contributed by atoms with Gasteiger partial charge in [-0.3, -0.25) is 15.1 Å². The van der Waals surface area contributed by atoms with Crippen LogP contribution >= 0.6 is 11.8 Å². The normalized spacial score (nSPS) is 10.2. The highest BCUT2D eigenvalue weighted by molar-refractivity contribution is 7.99. The van der Waals surface area contributed by atoms with Crippen molar-refractivity contribution in [3.8, 4) is 11.4 Å². The fraction of sp³-hybridized carbons (Fsp3) is 0.182. The topological polar surface area (TPSA) is 116 Å². The molecule has 0 aromatic carbocycles. The maximum absolute atomic E-state index is 11.3. The molecule has 20 heavy (non-hydrogen) atoms. The van der Waals surface area contributed by atoms with Crippen molar-refractivity contribution in [2.75, 3.05) is 5.75 Å². The molecule has 0 aliphatic heterocycles. The number of nitrogens with two attached hydrogens (primary N) is 1. The number of carbonyl (C=O) groups is 2. The van der Waals surface area contributed by atoms with Gasteiger partial charge in [-0.25, -0.2) is 4.79 Å². The number of nitrogens with zero attached hydrogens (tertiary/aromatic N) is 4. The average molecular weight is 292 g/mol. The molecule has 2 aromatic heterocycles. The van der Waals surface area contributed by atoms with Crippen LogP contribution in [0.5, 0.6) is 0 Å². The number of pyridine rings is 1. The predicted octanol–water partition coefficient (Wildman–Crippen LogP) is 0.164. The van der Waals surface area contributed by atoms with Crippen LogP contribution in [0.15, 0.2) is 29.7 Å². The zero-order valence-electron chi connectivity index (χ0n) is 10.6. The number of imide groups is 1. The van der Waals surface area contributed by atoms with Gasteiger partial charge >= 0.3 is 6.03 Å². The molecule has 0 unspecified atom stereocenters. The first-order valence-corrected chi connectivity index (χ1v) is 6.58. The van der Waals surface area contributed by atoms with Gasteiger partial charge in [-0.1, -0.05) is 11.8 Å². The van der Waals surface area contributed by atoms with E-state index in [-0.39, 0.29) is 5.75 Å². The summed E-state index contributed by atoms with van der Waals surface area (Å²) >= 11 is 1.16. The summed E-state index contributed by atoms with van der Waals surface area (Å²) < 4.78 is 1.75. The minimum atomic E-state index is -0.871. The fourth-order valence-corrected chi connectivity index (χ4v) is 2.20. The first-order valence-electron chi connectivity index (χ1n) is 5.60. The molecule has 2 rings (SSSR count). The molecular formula is C11H12N6O2S. The number of carbonyl (C=O) groups excluding carboxylic acids is 2. The van der Waals surface area contributed by atoms with Gasteiger partial charge in [0.15, 0.2) is 11.0 Å². The highest BCUT2D eigenvalue weighted by Crippen LogP contribution is 2.21. The maximum atomic E-state index is 11.3. The van der Waals surface area contributed by atoms with Crippen LogP contribution in [0, 0.1) is 0 Å². The first kappa shape index (κ1) is 14.0. The van der Waals surface area contributed by atoms with Crippen LogP contribution in [0.3, 0.4) is 0 Å². The maximum Gasteiger partial charge on any atom is 0.318 e. The second-order valence-corrected chi connectivity index (χ2v) is 4.75. The van der Waals surface area contributed by atoms with Gasteiger partial charge in [-0.05, 0) is 12.1 Å². The molecule has 0 radical (unpaired) electrons. The van der Waals surface area contributed by atoms with E-state index in [0.717, 1.165) is 17.3 Å². The SMILES string of the molecule is Cn1c(SCC(=O)NC(N)=O)nnc1-c1cccnc1. The van der Waals surface area contributed by atoms with E-state index in [1.54, 1.807) is 30.1 Å². The Morgan fingerprint density at radius 3 is 2.90 bits per heavy atom. The Labute approximate surface area is 118 Å². The Morgan fingerprint density at radius 1 is 1.45 bits per heavy atom. The lowest BCUT2D eigenvalue weighted by atomic mass is 10.3. The Morgan fingerprint density at radius 2 is 2.25 bits per heavy atom. The van der Waals surface area contributed by atoms with Crippen molar-refractivity contribution >= 4 is 23.7 Å². The summed E-state index contributed by atoms with van der Waals surface area (Å²) in [5.74, 6) is 0.200. The number of urea groups is 1. The van der Waals surface area contributed by atoms with E-state index < -0.39 is 11.9 Å². The molecule has 0 atom stereocenters. The molecule has 104 valence electrons. The van der Waals surface area contributed by atoms with E-state index in [1.807, 2.05) is 11.4 Å². The van der Waals surface area contributed by atoms with Crippen LogP contribution in [-0.2, 0) is 11.8 Å². The third-order valence-electron chi connectivity index (χ3n) is 2.35. The minimum Gasteiger partial charge on any atom is -0.351 e. The molecule has 0 saturated carbocycles. The zero-order chi connectivity index (χ0) is 14.5. The smallest absolute Gasteiger partial charge is 0.318 e. The molecule has 8 nitrogen and oxygen atoms in total. The summed E-state index contributed by atoms with van der Waals surface area (Å²) in [5.41, 5.74) is 5.68. The number of thioether (sulfide) groups is 1. The number of aromatic nitrogens is 4. The molecule has 3 amide bonds. The van der Waals surface area contributed by atoms with E-state index in [2.05, 4.69) is 15.2 Å². The van der Waals surface area contributed by atoms with Gasteiger partial charge in [0.05, 0.1) is 5.75 Å². The van der Waals surface area contributed by atoms with Crippen molar-refractivity contribution in [2.24, 2.45) is 12.8 Å². The van der Waals surface area contributed by atoms with Crippen LogP contribution in [-0.4, -0.2) is 37.4 Å². The van der Waals surface area contributed by atoms with Crippen molar-refractivity contribution in [3.05, 3.63) is 24.5 Å². The van der Waals surface area contributed by atoms with Crippen molar-refractivity contribution in [2.45, 2.75) is 5.16 Å². The summed E-state index contributed by atoms with van der Waals surface area (Å²) in [4.78, 5) is 25.8. The third kappa shape index (κ3) is 3.32. The quantitative estimate of drug-likeness (QED) is 0.776. The van der Waals surface area contributed by atoms with Crippen molar-refractivity contribution < 1.29 is 9.59 Å². The van der Waals surface area contributed by atoms with Gasteiger partial charge in [-0.2, -0.15) is 0 Å². The number of nitrogens with one attached hydrogen (secondary N) is 1. The molecule has 0 bridgehead atoms. The van der Waals surface area contributed by atoms with Crippen LogP contribution in [0.4, 0.5) is 4.79 Å². The molecule has 3 N–H and O–H groups in total. The standard InChI is InChI=1S/C11H12N6O2S/c1-17-9(7-3-2-4-13-5-7)15-16-11(17)20-6-8(18)14-10(12)19/h2-5H,6H2,1H3,(H3,12,14,18,19). The summed E-state index contributed by atoms with van der Waals surface area (Å²) in [7, 11) is 1.79. The van der Waals surface area contributed by atoms with Gasteiger partial charge < -0.3 is 10.3 Å². The Balaban J connectivity index is 2.06. The van der Waals surface area contributed by atoms with E-state index in [1.165, 1.54) is 0 Å². The van der Waals surface area contributed by atoms with Crippen molar-refractivity contribution in [3.63, 3.8) is 0 Å². The van der Waals surface area contributed by atoms with Crippen LogP contribution in [0.2, 0.25) is 0 Å². The molecule has 0 aliphatic carbocycles. The molecule has 2 heterocycles. The van der Waals surface area contributed by atoms with Gasteiger partial charge in [-0.15, -0.1) is 10.2 Å². The molecular weight excluding hydrogens is 280 g/mol. The lowest BCUT2D eigenvalue weighted by Gasteiger charge is -2.03. The van der Waals surface area contributed by atoms with Crippen LogP contribution < -0.4 is 11.1 Å². The predicted molar refractivity (Wildman–Crippen MR) is 72.7 cm³/mol. The third-order valence-corrected chi connectivity index (χ3v) is 3.37. The minimum absolute atomic E-state index is 0.0297. The van der Waals surface area contributed by atoms with Crippen molar-refractivity contribution in [1.29, 1.82) is 0 Å². The summed E-state index contributed by atoms with van der Waals surface area (Å²) in [6, 6.07) is 2.80. The number of rotatable bonds is 4. The second kappa shape index (κ2) is 6.15. The number of primary amides is 1. The monoisotopic (exact) mass is 292 g/mol. The molecule has 0 saturated heterocycles. The fourth-order valence-electron chi connectivity index (χ4n) is 1.49. The summed E-state index contributed by atoms with van der Waals surface area (Å²) in [5, 5.41) is 10.6. The van der Waals surface area contributed by atoms with Gasteiger partial charge in [0, 0.05) is 25.0 Å². The highest BCUT2D eigenvalue weighted by atomic mass is 32.2. The zero-order valence-corrected chi connectivity index (χ0v) is 11.4. The summed E-state index contributed by atoms with van der Waals surface area (Å²) in [6.45, 7) is 0. The van der Waals surface area contributed by atoms with Gasteiger partial charge in [0.1, 0.15) is 0 Å². The molecule has 0 spiro atoms. The van der Waals surface area contributed by atoms with E-state index in [4.69, 9.17) is 5.73 Å². The van der Waals surface area contributed by atoms with Crippen LogP contribution in [0.1, 0.15) is 0 Å². The van der Waals surface area contributed by atoms with E-state index in [9.17, 15) is 9.59 Å². The Bertz CT molecular complexity index is 627. The lowest BCUT2D eigenvalue weighted by Crippen LogP contribution is -2.36. The summed E-state index contributed by atoms with van der Waals surface area (Å²) in [6.07, 6.45) is 3.35. The Hall–Kier alpha value is -2.42. The first-order chi connectivity index (χ1) is 9.58. The van der Waals surface area contributed by atoms with E-state index >= 15 is 0 Å². The lowest BCUT2D eigenvalue weighted by molar-refractivity contribution is -0.117. The highest BCUT2D eigenvalue weighted by Gasteiger charge is 2.13. The average Bonchev–Trinajstić information content (AvgIpc) is 2.78. The largest absolute Gasteiger partial charge is 0.351 e. The molecule has 9 heteroatoms. The van der Waals surface area contributed by atoms with Gasteiger partial charge in [0.25, 0.3) is 0 Å². The molecule has 0 fully saturated rings. The van der Waals surface area contributed by atoms with E-state index in [0.29, 0.717) is 11.0 Å². The molecule has 2 aromatic rings. The number of hydrogen-bond donors (Lipinski definition) is 2. The van der Waals surface area contributed by atoms with Gasteiger partial charge in [0.2, 0.25) is 5.91 Å². The Kier molecular flexibility index (Phi) is 4.31. The number of hydrogen-bond acceptors (Lipinski definition) is 6.